The normalized spacial score (nSPS) is 13.2. The first kappa shape index (κ1) is 14.9. The molecule has 0 radical (unpaired) electrons. The number of rotatable bonds is 4. The second kappa shape index (κ2) is 5.67. The Morgan fingerprint density at radius 2 is 2.26 bits per heavy atom. The Morgan fingerprint density at radius 1 is 1.63 bits per heavy atom. The molecule has 1 aromatic carbocycles. The van der Waals surface area contributed by atoms with E-state index in [4.69, 9.17) is 16.9 Å². The van der Waals surface area contributed by atoms with E-state index >= 15 is 0 Å². The van der Waals surface area contributed by atoms with Crippen LogP contribution in [0.25, 0.3) is 0 Å². The fourth-order valence-electron chi connectivity index (χ4n) is 1.32. The number of carbonyl (C=O) groups excluding carboxylic acids is 1. The number of nitrogens with one attached hydrogen (secondary N) is 1. The zero-order chi connectivity index (χ0) is 14.6. The SMILES string of the molecule is CCC(C)(C#N)C(=O)Nc1cc(Cl)ccc1[N+](=O)[O-]. The van der Waals surface area contributed by atoms with Crippen molar-refractivity contribution in [2.24, 2.45) is 5.41 Å². The van der Waals surface area contributed by atoms with Gasteiger partial charge < -0.3 is 5.32 Å². The molecular weight excluding hydrogens is 270 g/mol. The lowest BCUT2D eigenvalue weighted by atomic mass is 9.88. The summed E-state index contributed by atoms with van der Waals surface area (Å²) in [6.07, 6.45) is 0.295. The van der Waals surface area contributed by atoms with E-state index in [1.165, 1.54) is 25.1 Å². The van der Waals surface area contributed by atoms with Gasteiger partial charge in [0, 0.05) is 11.1 Å². The van der Waals surface area contributed by atoms with Gasteiger partial charge in [0.2, 0.25) is 5.91 Å². The van der Waals surface area contributed by atoms with E-state index in [1.54, 1.807) is 6.92 Å². The van der Waals surface area contributed by atoms with Crippen LogP contribution in [-0.4, -0.2) is 10.8 Å². The zero-order valence-corrected chi connectivity index (χ0v) is 11.2. The number of carbonyl (C=O) groups is 1. The number of hydrogen-bond donors (Lipinski definition) is 1. The van der Waals surface area contributed by atoms with Gasteiger partial charge in [-0.05, 0) is 25.5 Å². The minimum Gasteiger partial charge on any atom is -0.319 e. The van der Waals surface area contributed by atoms with E-state index in [1.807, 2.05) is 6.07 Å². The van der Waals surface area contributed by atoms with Crippen LogP contribution in [0.5, 0.6) is 0 Å². The minimum absolute atomic E-state index is 0.0163. The number of nitro groups is 1. The van der Waals surface area contributed by atoms with Crippen LogP contribution < -0.4 is 5.32 Å². The third-order valence-corrected chi connectivity index (χ3v) is 3.09. The molecule has 100 valence electrons. The molecule has 1 atom stereocenters. The lowest BCUT2D eigenvalue weighted by Crippen LogP contribution is -2.31. The summed E-state index contributed by atoms with van der Waals surface area (Å²) >= 11 is 5.75. The summed E-state index contributed by atoms with van der Waals surface area (Å²) in [5.41, 5.74) is -1.53. The molecule has 1 N–H and O–H groups in total. The molecule has 1 unspecified atom stereocenters. The number of nitriles is 1. The van der Waals surface area contributed by atoms with Gasteiger partial charge in [-0.25, -0.2) is 0 Å². The summed E-state index contributed by atoms with van der Waals surface area (Å²) in [5, 5.41) is 22.5. The molecule has 0 bridgehead atoms. The average molecular weight is 282 g/mol. The quantitative estimate of drug-likeness (QED) is 0.677. The molecule has 19 heavy (non-hydrogen) atoms. The largest absolute Gasteiger partial charge is 0.319 e. The second-order valence-corrected chi connectivity index (χ2v) is 4.61. The van der Waals surface area contributed by atoms with Gasteiger partial charge in [0.05, 0.1) is 11.0 Å². The number of hydrogen-bond acceptors (Lipinski definition) is 4. The van der Waals surface area contributed by atoms with Crippen LogP contribution in [0.3, 0.4) is 0 Å². The van der Waals surface area contributed by atoms with Crippen molar-refractivity contribution in [1.29, 1.82) is 5.26 Å². The Bertz CT molecular complexity index is 568. The molecule has 0 fully saturated rings. The van der Waals surface area contributed by atoms with Crippen LogP contribution in [-0.2, 0) is 4.79 Å². The van der Waals surface area contributed by atoms with Crippen molar-refractivity contribution in [3.8, 4) is 6.07 Å². The van der Waals surface area contributed by atoms with Gasteiger partial charge in [0.25, 0.3) is 5.69 Å². The summed E-state index contributed by atoms with van der Waals surface area (Å²) in [6.45, 7) is 3.16. The smallest absolute Gasteiger partial charge is 0.292 e. The highest BCUT2D eigenvalue weighted by atomic mass is 35.5. The highest BCUT2D eigenvalue weighted by Gasteiger charge is 2.32. The van der Waals surface area contributed by atoms with Crippen LogP contribution >= 0.6 is 11.6 Å². The molecule has 0 saturated heterocycles. The molecule has 1 amide bonds. The van der Waals surface area contributed by atoms with E-state index in [0.717, 1.165) is 0 Å². The Balaban J connectivity index is 3.13. The van der Waals surface area contributed by atoms with Crippen molar-refractivity contribution in [3.63, 3.8) is 0 Å². The number of benzene rings is 1. The molecule has 0 aliphatic heterocycles. The van der Waals surface area contributed by atoms with Crippen molar-refractivity contribution in [1.82, 2.24) is 0 Å². The van der Waals surface area contributed by atoms with Crippen LogP contribution in [0.4, 0.5) is 11.4 Å². The van der Waals surface area contributed by atoms with Crippen molar-refractivity contribution in [3.05, 3.63) is 33.3 Å². The van der Waals surface area contributed by atoms with Crippen molar-refractivity contribution < 1.29 is 9.72 Å². The van der Waals surface area contributed by atoms with E-state index in [2.05, 4.69) is 5.32 Å². The van der Waals surface area contributed by atoms with Gasteiger partial charge in [-0.2, -0.15) is 5.26 Å². The van der Waals surface area contributed by atoms with Gasteiger partial charge in [-0.1, -0.05) is 18.5 Å². The standard InChI is InChI=1S/C12H12ClN3O3/c1-3-12(2,7-14)11(17)15-9-6-8(13)4-5-10(9)16(18)19/h4-6H,3H2,1-2H3,(H,15,17). The predicted molar refractivity (Wildman–Crippen MR) is 70.7 cm³/mol. The first-order valence-electron chi connectivity index (χ1n) is 5.50. The minimum atomic E-state index is -1.24. The number of amides is 1. The summed E-state index contributed by atoms with van der Waals surface area (Å²) < 4.78 is 0. The molecule has 0 aliphatic rings. The van der Waals surface area contributed by atoms with Crippen molar-refractivity contribution in [2.45, 2.75) is 20.3 Å². The average Bonchev–Trinajstić information content (AvgIpc) is 2.37. The summed E-state index contributed by atoms with van der Waals surface area (Å²) in [6, 6.07) is 5.74. The third-order valence-electron chi connectivity index (χ3n) is 2.86. The summed E-state index contributed by atoms with van der Waals surface area (Å²) in [7, 11) is 0. The van der Waals surface area contributed by atoms with Crippen molar-refractivity contribution >= 4 is 28.9 Å². The van der Waals surface area contributed by atoms with Gasteiger partial charge >= 0.3 is 0 Å². The first-order valence-corrected chi connectivity index (χ1v) is 5.88. The van der Waals surface area contributed by atoms with Crippen LogP contribution in [0, 0.1) is 26.9 Å². The van der Waals surface area contributed by atoms with E-state index in [-0.39, 0.29) is 16.4 Å². The van der Waals surface area contributed by atoms with E-state index < -0.39 is 16.2 Å². The molecule has 1 aromatic rings. The predicted octanol–water partition coefficient (Wildman–Crippen LogP) is 3.13. The maximum atomic E-state index is 12.0. The fraction of sp³-hybridized carbons (Fsp3) is 0.333. The van der Waals surface area contributed by atoms with E-state index in [0.29, 0.717) is 6.42 Å². The lowest BCUT2D eigenvalue weighted by Gasteiger charge is -2.18. The molecule has 0 saturated carbocycles. The highest BCUT2D eigenvalue weighted by Crippen LogP contribution is 2.30. The Kier molecular flexibility index (Phi) is 4.46. The maximum absolute atomic E-state index is 12.0. The first-order chi connectivity index (χ1) is 8.84. The number of anilines is 1. The molecule has 0 aromatic heterocycles. The van der Waals surface area contributed by atoms with Crippen molar-refractivity contribution in [2.75, 3.05) is 5.32 Å². The molecule has 0 spiro atoms. The van der Waals surface area contributed by atoms with Gasteiger partial charge in [-0.3, -0.25) is 14.9 Å². The topological polar surface area (TPSA) is 96.0 Å². The molecule has 0 heterocycles. The van der Waals surface area contributed by atoms with Crippen LogP contribution in [0.1, 0.15) is 20.3 Å². The number of nitrogens with zero attached hydrogens (tertiary/aromatic N) is 2. The Labute approximate surface area is 115 Å². The number of halogens is 1. The molecular formula is C12H12ClN3O3. The lowest BCUT2D eigenvalue weighted by molar-refractivity contribution is -0.383. The Hall–Kier alpha value is -2.13. The monoisotopic (exact) mass is 281 g/mol. The second-order valence-electron chi connectivity index (χ2n) is 4.17. The van der Waals surface area contributed by atoms with E-state index in [9.17, 15) is 14.9 Å². The molecule has 6 nitrogen and oxygen atoms in total. The summed E-state index contributed by atoms with van der Waals surface area (Å²) in [4.78, 5) is 22.2. The fourth-order valence-corrected chi connectivity index (χ4v) is 1.49. The number of nitro benzene ring substituents is 1. The Morgan fingerprint density at radius 3 is 2.74 bits per heavy atom. The molecule has 0 aliphatic carbocycles. The molecule has 7 heteroatoms. The third kappa shape index (κ3) is 3.20. The highest BCUT2D eigenvalue weighted by molar-refractivity contribution is 6.31. The van der Waals surface area contributed by atoms with Gasteiger partial charge in [-0.15, -0.1) is 0 Å². The van der Waals surface area contributed by atoms with Gasteiger partial charge in [0.1, 0.15) is 11.1 Å². The molecule has 1 rings (SSSR count). The summed E-state index contributed by atoms with van der Waals surface area (Å²) in [5.74, 6) is -0.595. The van der Waals surface area contributed by atoms with Crippen LogP contribution in [0.15, 0.2) is 18.2 Å². The van der Waals surface area contributed by atoms with Crippen LogP contribution in [0.2, 0.25) is 5.02 Å². The zero-order valence-electron chi connectivity index (χ0n) is 10.4. The van der Waals surface area contributed by atoms with Gasteiger partial charge in [0.15, 0.2) is 0 Å². The maximum Gasteiger partial charge on any atom is 0.292 e.